The van der Waals surface area contributed by atoms with E-state index in [0.29, 0.717) is 0 Å². The maximum atomic E-state index is 6.11. The van der Waals surface area contributed by atoms with Crippen molar-refractivity contribution < 1.29 is 4.74 Å². The molecule has 1 aliphatic rings. The SMILES string of the molecule is CCCCCCC1(CN)CCOc2ccccc21. The van der Waals surface area contributed by atoms with Gasteiger partial charge in [0, 0.05) is 17.5 Å². The third-order valence-corrected chi connectivity index (χ3v) is 4.20. The molecule has 100 valence electrons. The van der Waals surface area contributed by atoms with Crippen LogP contribution in [-0.2, 0) is 5.41 Å². The molecule has 0 saturated heterocycles. The molecule has 1 atom stereocenters. The van der Waals surface area contributed by atoms with E-state index in [4.69, 9.17) is 10.5 Å². The lowest BCUT2D eigenvalue weighted by atomic mass is 9.72. The summed E-state index contributed by atoms with van der Waals surface area (Å²) < 4.78 is 5.75. The highest BCUT2D eigenvalue weighted by Gasteiger charge is 2.35. The van der Waals surface area contributed by atoms with Crippen molar-refractivity contribution in [2.24, 2.45) is 5.73 Å². The van der Waals surface area contributed by atoms with Crippen LogP contribution >= 0.6 is 0 Å². The van der Waals surface area contributed by atoms with Crippen LogP contribution in [0.1, 0.15) is 51.0 Å². The highest BCUT2D eigenvalue weighted by Crippen LogP contribution is 2.41. The number of unbranched alkanes of at least 4 members (excludes halogenated alkanes) is 3. The van der Waals surface area contributed by atoms with E-state index in [1.165, 1.54) is 37.7 Å². The van der Waals surface area contributed by atoms with Gasteiger partial charge in [-0.15, -0.1) is 0 Å². The molecule has 0 aromatic heterocycles. The minimum absolute atomic E-state index is 0.155. The van der Waals surface area contributed by atoms with Gasteiger partial charge in [0.15, 0.2) is 0 Å². The van der Waals surface area contributed by atoms with Crippen molar-refractivity contribution in [3.63, 3.8) is 0 Å². The number of nitrogens with two attached hydrogens (primary N) is 1. The Morgan fingerprint density at radius 3 is 2.83 bits per heavy atom. The highest BCUT2D eigenvalue weighted by molar-refractivity contribution is 5.41. The average molecular weight is 247 g/mol. The molecule has 2 heteroatoms. The molecular formula is C16H25NO. The van der Waals surface area contributed by atoms with E-state index in [1.54, 1.807) is 0 Å². The second kappa shape index (κ2) is 6.24. The lowest BCUT2D eigenvalue weighted by Crippen LogP contribution is -2.39. The van der Waals surface area contributed by atoms with E-state index >= 15 is 0 Å². The average Bonchev–Trinajstić information content (AvgIpc) is 2.44. The Labute approximate surface area is 111 Å². The molecule has 1 unspecified atom stereocenters. The van der Waals surface area contributed by atoms with Crippen LogP contribution in [0.5, 0.6) is 5.75 Å². The van der Waals surface area contributed by atoms with Gasteiger partial charge in [-0.05, 0) is 18.9 Å². The first kappa shape index (κ1) is 13.4. The van der Waals surface area contributed by atoms with E-state index < -0.39 is 0 Å². The number of hydrogen-bond acceptors (Lipinski definition) is 2. The molecule has 0 radical (unpaired) electrons. The Kier molecular flexibility index (Phi) is 4.65. The van der Waals surface area contributed by atoms with Gasteiger partial charge < -0.3 is 10.5 Å². The van der Waals surface area contributed by atoms with Crippen LogP contribution in [0.3, 0.4) is 0 Å². The number of benzene rings is 1. The molecule has 18 heavy (non-hydrogen) atoms. The largest absolute Gasteiger partial charge is 0.493 e. The van der Waals surface area contributed by atoms with Gasteiger partial charge in [0.25, 0.3) is 0 Å². The predicted octanol–water partition coefficient (Wildman–Crippen LogP) is 3.64. The number of ether oxygens (including phenoxy) is 1. The first-order valence-corrected chi connectivity index (χ1v) is 7.25. The van der Waals surface area contributed by atoms with Crippen molar-refractivity contribution in [2.45, 2.75) is 50.9 Å². The van der Waals surface area contributed by atoms with Crippen LogP contribution in [0.4, 0.5) is 0 Å². The van der Waals surface area contributed by atoms with Crippen molar-refractivity contribution in [2.75, 3.05) is 13.2 Å². The van der Waals surface area contributed by atoms with Crippen LogP contribution < -0.4 is 10.5 Å². The van der Waals surface area contributed by atoms with Crippen LogP contribution in [0.2, 0.25) is 0 Å². The van der Waals surface area contributed by atoms with Crippen molar-refractivity contribution in [3.8, 4) is 5.75 Å². The fourth-order valence-electron chi connectivity index (χ4n) is 2.99. The molecule has 0 amide bonds. The molecular weight excluding hydrogens is 222 g/mol. The summed E-state index contributed by atoms with van der Waals surface area (Å²) in [7, 11) is 0. The van der Waals surface area contributed by atoms with Crippen LogP contribution in [-0.4, -0.2) is 13.2 Å². The van der Waals surface area contributed by atoms with Crippen molar-refractivity contribution >= 4 is 0 Å². The zero-order valence-electron chi connectivity index (χ0n) is 11.5. The van der Waals surface area contributed by atoms with Gasteiger partial charge in [0.1, 0.15) is 5.75 Å². The topological polar surface area (TPSA) is 35.2 Å². The predicted molar refractivity (Wildman–Crippen MR) is 76.0 cm³/mol. The first-order valence-electron chi connectivity index (χ1n) is 7.25. The quantitative estimate of drug-likeness (QED) is 0.779. The van der Waals surface area contributed by atoms with E-state index in [2.05, 4.69) is 25.1 Å². The van der Waals surface area contributed by atoms with Gasteiger partial charge in [-0.1, -0.05) is 50.8 Å². The second-order valence-corrected chi connectivity index (χ2v) is 5.39. The summed E-state index contributed by atoms with van der Waals surface area (Å²) in [4.78, 5) is 0. The van der Waals surface area contributed by atoms with E-state index in [1.807, 2.05) is 6.07 Å². The fraction of sp³-hybridized carbons (Fsp3) is 0.625. The van der Waals surface area contributed by atoms with Crippen molar-refractivity contribution in [1.82, 2.24) is 0 Å². The molecule has 0 bridgehead atoms. The smallest absolute Gasteiger partial charge is 0.123 e. The normalized spacial score (nSPS) is 22.3. The number of hydrogen-bond donors (Lipinski definition) is 1. The monoisotopic (exact) mass is 247 g/mol. The van der Waals surface area contributed by atoms with Crippen LogP contribution in [0, 0.1) is 0 Å². The molecule has 2 N–H and O–H groups in total. The molecule has 1 aromatic carbocycles. The van der Waals surface area contributed by atoms with Gasteiger partial charge in [0.05, 0.1) is 6.61 Å². The summed E-state index contributed by atoms with van der Waals surface area (Å²) in [5.74, 6) is 1.05. The molecule has 0 aliphatic carbocycles. The fourth-order valence-corrected chi connectivity index (χ4v) is 2.99. The number of fused-ring (bicyclic) bond motifs is 1. The molecule has 0 fully saturated rings. The Morgan fingerprint density at radius 1 is 1.22 bits per heavy atom. The maximum Gasteiger partial charge on any atom is 0.123 e. The van der Waals surface area contributed by atoms with Gasteiger partial charge in [0.2, 0.25) is 0 Å². The summed E-state index contributed by atoms with van der Waals surface area (Å²) in [5.41, 5.74) is 7.60. The maximum absolute atomic E-state index is 6.11. The standard InChI is InChI=1S/C16H25NO/c1-2-3-4-7-10-16(13-17)11-12-18-15-9-6-5-8-14(15)16/h5-6,8-9H,2-4,7,10-13,17H2,1H3. The third-order valence-electron chi connectivity index (χ3n) is 4.20. The third kappa shape index (κ3) is 2.69. The Hall–Kier alpha value is -1.02. The Bertz CT molecular complexity index is 377. The van der Waals surface area contributed by atoms with Crippen LogP contribution in [0.15, 0.2) is 24.3 Å². The van der Waals surface area contributed by atoms with Crippen LogP contribution in [0.25, 0.3) is 0 Å². The van der Waals surface area contributed by atoms with Gasteiger partial charge in [-0.2, -0.15) is 0 Å². The lowest BCUT2D eigenvalue weighted by Gasteiger charge is -2.38. The molecule has 2 nitrogen and oxygen atoms in total. The molecule has 0 spiro atoms. The second-order valence-electron chi connectivity index (χ2n) is 5.39. The number of rotatable bonds is 6. The molecule has 1 aromatic rings. The summed E-state index contributed by atoms with van der Waals surface area (Å²) in [5, 5.41) is 0. The van der Waals surface area contributed by atoms with Gasteiger partial charge in [-0.25, -0.2) is 0 Å². The minimum Gasteiger partial charge on any atom is -0.493 e. The van der Waals surface area contributed by atoms with E-state index in [0.717, 1.165) is 25.3 Å². The summed E-state index contributed by atoms with van der Waals surface area (Å²) in [6.07, 6.45) is 7.48. The highest BCUT2D eigenvalue weighted by atomic mass is 16.5. The van der Waals surface area contributed by atoms with E-state index in [9.17, 15) is 0 Å². The lowest BCUT2D eigenvalue weighted by molar-refractivity contribution is 0.205. The summed E-state index contributed by atoms with van der Waals surface area (Å²) >= 11 is 0. The number of para-hydroxylation sites is 1. The van der Waals surface area contributed by atoms with Crippen molar-refractivity contribution in [3.05, 3.63) is 29.8 Å². The Morgan fingerprint density at radius 2 is 2.06 bits per heavy atom. The summed E-state index contributed by atoms with van der Waals surface area (Å²) in [6, 6.07) is 8.42. The zero-order valence-corrected chi connectivity index (χ0v) is 11.5. The molecule has 2 rings (SSSR count). The summed E-state index contributed by atoms with van der Waals surface area (Å²) in [6.45, 7) is 3.80. The van der Waals surface area contributed by atoms with Gasteiger partial charge >= 0.3 is 0 Å². The Balaban J connectivity index is 2.12. The zero-order chi connectivity index (χ0) is 12.8. The van der Waals surface area contributed by atoms with Gasteiger partial charge in [-0.3, -0.25) is 0 Å². The molecule has 0 saturated carbocycles. The first-order chi connectivity index (χ1) is 8.82. The minimum atomic E-state index is 0.155. The van der Waals surface area contributed by atoms with Crippen molar-refractivity contribution in [1.29, 1.82) is 0 Å². The molecule has 1 aliphatic heterocycles. The molecule has 1 heterocycles. The van der Waals surface area contributed by atoms with E-state index in [-0.39, 0.29) is 5.41 Å².